The highest BCUT2D eigenvalue weighted by Crippen LogP contribution is 2.18. The minimum absolute atomic E-state index is 0.235. The molecule has 0 amide bonds. The van der Waals surface area contributed by atoms with Crippen LogP contribution in [0.2, 0.25) is 0 Å². The molecule has 0 atom stereocenters. The number of halogens is 5. The van der Waals surface area contributed by atoms with E-state index >= 15 is 0 Å². The van der Waals surface area contributed by atoms with Gasteiger partial charge in [-0.3, -0.25) is 0 Å². The van der Waals surface area contributed by atoms with Gasteiger partial charge in [0.1, 0.15) is 6.26 Å². The molecule has 0 aliphatic heterocycles. The molecule has 0 aliphatic carbocycles. The SMILES string of the molecule is FC(Cl)=COC(F)(F)F. The second-order valence-electron chi connectivity index (χ2n) is 0.971. The topological polar surface area (TPSA) is 9.23 Å². The Labute approximate surface area is 52.9 Å². The van der Waals surface area contributed by atoms with E-state index in [9.17, 15) is 17.6 Å². The summed E-state index contributed by atoms with van der Waals surface area (Å²) >= 11 is 4.35. The molecule has 0 saturated carbocycles. The van der Waals surface area contributed by atoms with E-state index in [1.807, 2.05) is 0 Å². The molecule has 0 bridgehead atoms. The van der Waals surface area contributed by atoms with Crippen LogP contribution in [0.5, 0.6) is 0 Å². The average molecular weight is 164 g/mol. The first-order chi connectivity index (χ1) is 3.92. The fraction of sp³-hybridized carbons (Fsp3) is 0.333. The maximum Gasteiger partial charge on any atom is 0.572 e. The third-order valence-corrected chi connectivity index (χ3v) is 0.371. The molecule has 6 heteroatoms. The smallest absolute Gasteiger partial charge is 0.410 e. The van der Waals surface area contributed by atoms with Gasteiger partial charge in [-0.1, -0.05) is 0 Å². The fourth-order valence-electron chi connectivity index (χ4n) is 0.111. The molecule has 0 unspecified atom stereocenters. The van der Waals surface area contributed by atoms with Gasteiger partial charge in [0.05, 0.1) is 0 Å². The van der Waals surface area contributed by atoms with Crippen LogP contribution < -0.4 is 0 Å². The second-order valence-corrected chi connectivity index (χ2v) is 1.33. The molecule has 0 heterocycles. The zero-order valence-corrected chi connectivity index (χ0v) is 4.63. The minimum atomic E-state index is -4.87. The molecule has 0 spiro atoms. The molecule has 0 saturated heterocycles. The van der Waals surface area contributed by atoms with E-state index in [-0.39, 0.29) is 6.26 Å². The van der Waals surface area contributed by atoms with Crippen molar-refractivity contribution in [3.05, 3.63) is 11.5 Å². The van der Waals surface area contributed by atoms with Gasteiger partial charge < -0.3 is 4.74 Å². The summed E-state index contributed by atoms with van der Waals surface area (Å²) in [5.41, 5.74) is 0. The predicted octanol–water partition coefficient (Wildman–Crippen LogP) is 2.53. The van der Waals surface area contributed by atoms with Gasteiger partial charge in [0.25, 0.3) is 0 Å². The van der Waals surface area contributed by atoms with Gasteiger partial charge in [-0.25, -0.2) is 0 Å². The highest BCUT2D eigenvalue weighted by atomic mass is 35.5. The fourth-order valence-corrected chi connectivity index (χ4v) is 0.156. The van der Waals surface area contributed by atoms with E-state index in [2.05, 4.69) is 16.3 Å². The number of ether oxygens (including phenoxy) is 1. The van der Waals surface area contributed by atoms with Crippen molar-refractivity contribution in [1.29, 1.82) is 0 Å². The van der Waals surface area contributed by atoms with Crippen LogP contribution in [0.4, 0.5) is 17.6 Å². The maximum absolute atomic E-state index is 11.2. The van der Waals surface area contributed by atoms with E-state index in [1.54, 1.807) is 0 Å². The third-order valence-electron chi connectivity index (χ3n) is 0.282. The van der Waals surface area contributed by atoms with E-state index in [4.69, 9.17) is 0 Å². The van der Waals surface area contributed by atoms with Gasteiger partial charge in [0.15, 0.2) is 0 Å². The Bertz CT molecular complexity index is 113. The summed E-state index contributed by atoms with van der Waals surface area (Å²) in [5, 5.41) is -1.55. The lowest BCUT2D eigenvalue weighted by Gasteiger charge is -2.01. The van der Waals surface area contributed by atoms with Crippen molar-refractivity contribution in [2.75, 3.05) is 0 Å². The maximum atomic E-state index is 11.2. The molecular weight excluding hydrogens is 163 g/mol. The van der Waals surface area contributed by atoms with Crippen molar-refractivity contribution >= 4 is 11.6 Å². The van der Waals surface area contributed by atoms with Crippen molar-refractivity contribution in [2.24, 2.45) is 0 Å². The highest BCUT2D eigenvalue weighted by Gasteiger charge is 2.29. The third kappa shape index (κ3) is 7.55. The molecular formula is C3HClF4O. The summed E-state index contributed by atoms with van der Waals surface area (Å²) in [6, 6.07) is 0. The summed E-state index contributed by atoms with van der Waals surface area (Å²) in [5.74, 6) is 0. The molecule has 0 fully saturated rings. The molecule has 54 valence electrons. The van der Waals surface area contributed by atoms with Crippen LogP contribution in [-0.4, -0.2) is 6.36 Å². The normalized spacial score (nSPS) is 13.7. The quantitative estimate of drug-likeness (QED) is 0.427. The van der Waals surface area contributed by atoms with Gasteiger partial charge in [0.2, 0.25) is 5.29 Å². The molecule has 0 aromatic carbocycles. The summed E-state index contributed by atoms with van der Waals surface area (Å²) in [7, 11) is 0. The lowest BCUT2D eigenvalue weighted by Crippen LogP contribution is -2.08. The van der Waals surface area contributed by atoms with Crippen molar-refractivity contribution in [3.8, 4) is 0 Å². The Morgan fingerprint density at radius 2 is 1.89 bits per heavy atom. The van der Waals surface area contributed by atoms with Crippen LogP contribution in [0.25, 0.3) is 0 Å². The van der Waals surface area contributed by atoms with Gasteiger partial charge >= 0.3 is 6.36 Å². The van der Waals surface area contributed by atoms with Crippen molar-refractivity contribution in [2.45, 2.75) is 6.36 Å². The summed E-state index contributed by atoms with van der Waals surface area (Å²) in [4.78, 5) is 0. The second kappa shape index (κ2) is 2.91. The van der Waals surface area contributed by atoms with Crippen LogP contribution in [0.1, 0.15) is 0 Å². The minimum Gasteiger partial charge on any atom is -0.410 e. The molecule has 0 N–H and O–H groups in total. The Morgan fingerprint density at radius 3 is 2.00 bits per heavy atom. The zero-order valence-electron chi connectivity index (χ0n) is 3.88. The van der Waals surface area contributed by atoms with E-state index in [0.29, 0.717) is 0 Å². The van der Waals surface area contributed by atoms with E-state index < -0.39 is 11.6 Å². The number of rotatable bonds is 1. The number of alkyl halides is 3. The molecule has 1 nitrogen and oxygen atoms in total. The zero-order chi connectivity index (χ0) is 7.49. The van der Waals surface area contributed by atoms with Crippen LogP contribution in [-0.2, 0) is 4.74 Å². The Balaban J connectivity index is 3.64. The molecule has 0 aromatic heterocycles. The van der Waals surface area contributed by atoms with Gasteiger partial charge in [-0.2, -0.15) is 4.39 Å². The average Bonchev–Trinajstić information content (AvgIpc) is 1.59. The van der Waals surface area contributed by atoms with Gasteiger partial charge in [0, 0.05) is 0 Å². The largest absolute Gasteiger partial charge is 0.572 e. The van der Waals surface area contributed by atoms with Crippen LogP contribution >= 0.6 is 11.6 Å². The van der Waals surface area contributed by atoms with Crippen LogP contribution in [0.3, 0.4) is 0 Å². The molecule has 0 radical (unpaired) electrons. The molecule has 0 aromatic rings. The number of hydrogen-bond acceptors (Lipinski definition) is 1. The van der Waals surface area contributed by atoms with Gasteiger partial charge in [-0.15, -0.1) is 13.2 Å². The summed E-state index contributed by atoms with van der Waals surface area (Å²) in [6.07, 6.45) is -5.10. The van der Waals surface area contributed by atoms with Gasteiger partial charge in [-0.05, 0) is 11.6 Å². The summed E-state index contributed by atoms with van der Waals surface area (Å²) < 4.78 is 46.8. The molecule has 9 heavy (non-hydrogen) atoms. The van der Waals surface area contributed by atoms with Crippen molar-refractivity contribution < 1.29 is 22.3 Å². The molecule has 0 rings (SSSR count). The first-order valence-electron chi connectivity index (χ1n) is 1.67. The van der Waals surface area contributed by atoms with Crippen LogP contribution in [0, 0.1) is 0 Å². The lowest BCUT2D eigenvalue weighted by atomic mass is 11.1. The standard InChI is InChI=1S/C3HClF4O/c4-2(5)1-9-3(6,7)8/h1H. The Morgan fingerprint density at radius 1 is 1.44 bits per heavy atom. The highest BCUT2D eigenvalue weighted by molar-refractivity contribution is 6.27. The Kier molecular flexibility index (Phi) is 2.76. The summed E-state index contributed by atoms with van der Waals surface area (Å²) in [6.45, 7) is 0. The number of hydrogen-bond donors (Lipinski definition) is 0. The first-order valence-corrected chi connectivity index (χ1v) is 2.05. The van der Waals surface area contributed by atoms with E-state index in [1.165, 1.54) is 0 Å². The van der Waals surface area contributed by atoms with Crippen molar-refractivity contribution in [1.82, 2.24) is 0 Å². The predicted molar refractivity (Wildman–Crippen MR) is 22.2 cm³/mol. The van der Waals surface area contributed by atoms with E-state index in [0.717, 1.165) is 0 Å². The Hall–Kier alpha value is -0.450. The first kappa shape index (κ1) is 8.55. The monoisotopic (exact) mass is 164 g/mol. The van der Waals surface area contributed by atoms with Crippen molar-refractivity contribution in [3.63, 3.8) is 0 Å². The molecule has 0 aliphatic rings. The van der Waals surface area contributed by atoms with Crippen LogP contribution in [0.15, 0.2) is 11.5 Å². The lowest BCUT2D eigenvalue weighted by molar-refractivity contribution is -0.298.